The van der Waals surface area contributed by atoms with Gasteiger partial charge in [-0.2, -0.15) is 0 Å². The fraction of sp³-hybridized carbons (Fsp3) is 0.667. The molecule has 1 aromatic rings. The quantitative estimate of drug-likeness (QED) is 0.723. The van der Waals surface area contributed by atoms with Crippen molar-refractivity contribution in [2.45, 2.75) is 66.0 Å². The number of phenols is 1. The van der Waals surface area contributed by atoms with E-state index in [-0.39, 0.29) is 0 Å². The van der Waals surface area contributed by atoms with Crippen LogP contribution in [0.1, 0.15) is 65.5 Å². The highest BCUT2D eigenvalue weighted by atomic mass is 16.3. The van der Waals surface area contributed by atoms with Gasteiger partial charge in [-0.05, 0) is 42.9 Å². The molecule has 0 spiro atoms. The fourth-order valence-electron chi connectivity index (χ4n) is 3.07. The summed E-state index contributed by atoms with van der Waals surface area (Å²) in [5.41, 5.74) is 1.32. The van der Waals surface area contributed by atoms with Crippen molar-refractivity contribution in [1.29, 1.82) is 0 Å². The van der Waals surface area contributed by atoms with Gasteiger partial charge in [0.25, 0.3) is 0 Å². The minimum Gasteiger partial charge on any atom is -0.508 e. The molecule has 0 saturated carbocycles. The van der Waals surface area contributed by atoms with E-state index in [1.807, 2.05) is 0 Å². The summed E-state index contributed by atoms with van der Waals surface area (Å²) < 4.78 is 0. The molecule has 0 aromatic heterocycles. The number of rotatable bonds is 8. The summed E-state index contributed by atoms with van der Waals surface area (Å²) in [7, 11) is 0. The molecule has 2 nitrogen and oxygen atoms in total. The van der Waals surface area contributed by atoms with E-state index in [2.05, 4.69) is 51.7 Å². The zero-order valence-electron chi connectivity index (χ0n) is 13.8. The minimum atomic E-state index is 0.349. The van der Waals surface area contributed by atoms with Crippen LogP contribution in [0.2, 0.25) is 0 Å². The molecule has 2 heteroatoms. The van der Waals surface area contributed by atoms with Crippen LogP contribution in [0.15, 0.2) is 24.3 Å². The number of hydrogen-bond acceptors (Lipinski definition) is 2. The van der Waals surface area contributed by atoms with Crippen LogP contribution >= 0.6 is 0 Å². The molecular formula is C18H31NO. The third kappa shape index (κ3) is 4.52. The maximum atomic E-state index is 9.48. The smallest absolute Gasteiger partial charge is 0.115 e. The summed E-state index contributed by atoms with van der Waals surface area (Å²) >= 11 is 0. The third-order valence-electron chi connectivity index (χ3n) is 4.05. The summed E-state index contributed by atoms with van der Waals surface area (Å²) in [5.74, 6) is 1.02. The highest BCUT2D eigenvalue weighted by Crippen LogP contribution is 2.30. The zero-order chi connectivity index (χ0) is 15.1. The predicted molar refractivity (Wildman–Crippen MR) is 87.1 cm³/mol. The molecule has 114 valence electrons. The largest absolute Gasteiger partial charge is 0.508 e. The monoisotopic (exact) mass is 277 g/mol. The SMILES string of the molecule is CCC(CC)N(CC(C)C)C(CC)c1ccc(O)cc1. The van der Waals surface area contributed by atoms with E-state index >= 15 is 0 Å². The third-order valence-corrected chi connectivity index (χ3v) is 4.05. The molecule has 0 heterocycles. The highest BCUT2D eigenvalue weighted by molar-refractivity contribution is 5.28. The molecule has 1 N–H and O–H groups in total. The molecule has 0 saturated heterocycles. The Labute approximate surface area is 124 Å². The molecule has 0 aliphatic heterocycles. The van der Waals surface area contributed by atoms with Gasteiger partial charge in [0.1, 0.15) is 5.75 Å². The first-order valence-corrected chi connectivity index (χ1v) is 8.08. The van der Waals surface area contributed by atoms with Gasteiger partial charge in [0.2, 0.25) is 0 Å². The molecule has 1 aromatic carbocycles. The lowest BCUT2D eigenvalue weighted by molar-refractivity contribution is 0.105. The minimum absolute atomic E-state index is 0.349. The molecule has 1 atom stereocenters. The average Bonchev–Trinajstić information content (AvgIpc) is 2.42. The van der Waals surface area contributed by atoms with Gasteiger partial charge in [0.15, 0.2) is 0 Å². The Morgan fingerprint density at radius 1 is 0.950 bits per heavy atom. The number of aromatic hydroxyl groups is 1. The predicted octanol–water partition coefficient (Wildman–Crippen LogP) is 4.99. The Kier molecular flexibility index (Phi) is 7.08. The van der Waals surface area contributed by atoms with Gasteiger partial charge in [-0.1, -0.05) is 46.8 Å². The van der Waals surface area contributed by atoms with Crippen molar-refractivity contribution in [1.82, 2.24) is 4.90 Å². The first-order valence-electron chi connectivity index (χ1n) is 8.08. The van der Waals surface area contributed by atoms with Crippen LogP contribution in [0, 0.1) is 5.92 Å². The van der Waals surface area contributed by atoms with Gasteiger partial charge in [-0.15, -0.1) is 0 Å². The van der Waals surface area contributed by atoms with Gasteiger partial charge >= 0.3 is 0 Å². The Balaban J connectivity index is 3.03. The van der Waals surface area contributed by atoms with Crippen LogP contribution in [-0.2, 0) is 0 Å². The van der Waals surface area contributed by atoms with E-state index in [0.717, 1.165) is 13.0 Å². The number of nitrogens with zero attached hydrogens (tertiary/aromatic N) is 1. The maximum Gasteiger partial charge on any atom is 0.115 e. The number of phenolic OH excluding ortho intramolecular Hbond substituents is 1. The molecule has 0 aliphatic rings. The van der Waals surface area contributed by atoms with E-state index in [4.69, 9.17) is 0 Å². The van der Waals surface area contributed by atoms with Crippen molar-refractivity contribution in [3.63, 3.8) is 0 Å². The van der Waals surface area contributed by atoms with Gasteiger partial charge in [-0.25, -0.2) is 0 Å². The van der Waals surface area contributed by atoms with Gasteiger partial charge < -0.3 is 5.11 Å². The van der Waals surface area contributed by atoms with Crippen molar-refractivity contribution < 1.29 is 5.11 Å². The second-order valence-corrected chi connectivity index (χ2v) is 6.08. The zero-order valence-corrected chi connectivity index (χ0v) is 13.8. The molecule has 0 amide bonds. The maximum absolute atomic E-state index is 9.48. The summed E-state index contributed by atoms with van der Waals surface area (Å²) in [4.78, 5) is 2.66. The fourth-order valence-corrected chi connectivity index (χ4v) is 3.07. The van der Waals surface area contributed by atoms with E-state index in [1.54, 1.807) is 12.1 Å². The molecule has 1 unspecified atom stereocenters. The second kappa shape index (κ2) is 8.31. The molecular weight excluding hydrogens is 246 g/mol. The van der Waals surface area contributed by atoms with E-state index in [9.17, 15) is 5.11 Å². The molecule has 0 fully saturated rings. The van der Waals surface area contributed by atoms with Crippen molar-refractivity contribution in [2.24, 2.45) is 5.92 Å². The van der Waals surface area contributed by atoms with E-state index in [0.29, 0.717) is 23.8 Å². The molecule has 1 rings (SSSR count). The first-order chi connectivity index (χ1) is 9.53. The Bertz CT molecular complexity index is 368. The van der Waals surface area contributed by atoms with Crippen molar-refractivity contribution in [3.05, 3.63) is 29.8 Å². The molecule has 20 heavy (non-hydrogen) atoms. The molecule has 0 aliphatic carbocycles. The van der Waals surface area contributed by atoms with Crippen molar-refractivity contribution >= 4 is 0 Å². The number of benzene rings is 1. The molecule has 0 bridgehead atoms. The lowest BCUT2D eigenvalue weighted by atomic mass is 9.97. The van der Waals surface area contributed by atoms with Crippen LogP contribution < -0.4 is 0 Å². The highest BCUT2D eigenvalue weighted by Gasteiger charge is 2.25. The number of hydrogen-bond donors (Lipinski definition) is 1. The Hall–Kier alpha value is -1.02. The first kappa shape index (κ1) is 17.0. The lowest BCUT2D eigenvalue weighted by Crippen LogP contribution is -2.40. The van der Waals surface area contributed by atoms with Crippen LogP contribution in [0.3, 0.4) is 0 Å². The van der Waals surface area contributed by atoms with Gasteiger partial charge in [0.05, 0.1) is 0 Å². The van der Waals surface area contributed by atoms with Crippen LogP contribution in [-0.4, -0.2) is 22.6 Å². The Morgan fingerprint density at radius 2 is 1.50 bits per heavy atom. The van der Waals surface area contributed by atoms with Crippen molar-refractivity contribution in [2.75, 3.05) is 6.54 Å². The normalized spacial score (nSPS) is 13.4. The van der Waals surface area contributed by atoms with Gasteiger partial charge in [-0.3, -0.25) is 4.90 Å². The summed E-state index contributed by atoms with van der Waals surface area (Å²) in [6.07, 6.45) is 3.49. The van der Waals surface area contributed by atoms with Crippen LogP contribution in [0.5, 0.6) is 5.75 Å². The van der Waals surface area contributed by atoms with Crippen LogP contribution in [0.25, 0.3) is 0 Å². The standard InChI is InChI=1S/C18H31NO/c1-6-16(7-2)19(13-14(4)5)18(8-3)15-9-11-17(20)12-10-15/h9-12,14,16,18,20H,6-8,13H2,1-5H3. The second-order valence-electron chi connectivity index (χ2n) is 6.08. The lowest BCUT2D eigenvalue weighted by Gasteiger charge is -2.38. The Morgan fingerprint density at radius 3 is 1.90 bits per heavy atom. The van der Waals surface area contributed by atoms with E-state index in [1.165, 1.54) is 18.4 Å². The van der Waals surface area contributed by atoms with Crippen molar-refractivity contribution in [3.8, 4) is 5.75 Å². The van der Waals surface area contributed by atoms with Crippen LogP contribution in [0.4, 0.5) is 0 Å². The molecule has 0 radical (unpaired) electrons. The topological polar surface area (TPSA) is 23.5 Å². The van der Waals surface area contributed by atoms with E-state index < -0.39 is 0 Å². The summed E-state index contributed by atoms with van der Waals surface area (Å²) in [6.45, 7) is 12.5. The summed E-state index contributed by atoms with van der Waals surface area (Å²) in [5, 5.41) is 9.48. The summed E-state index contributed by atoms with van der Waals surface area (Å²) in [6, 6.07) is 8.83. The van der Waals surface area contributed by atoms with Gasteiger partial charge in [0, 0.05) is 18.6 Å². The average molecular weight is 277 g/mol.